The molecule has 1 atom stereocenters. The Morgan fingerprint density at radius 2 is 1.88 bits per heavy atom. The minimum atomic E-state index is 0.485. The molecule has 0 spiro atoms. The van der Waals surface area contributed by atoms with E-state index in [2.05, 4.69) is 56.1 Å². The molecule has 0 heterocycles. The molecule has 0 aliphatic rings. The summed E-state index contributed by atoms with van der Waals surface area (Å²) in [6.07, 6.45) is 1.12. The number of anilines is 1. The van der Waals surface area contributed by atoms with Gasteiger partial charge in [-0.2, -0.15) is 0 Å². The van der Waals surface area contributed by atoms with E-state index in [4.69, 9.17) is 0 Å². The fourth-order valence-electron chi connectivity index (χ4n) is 1.81. The van der Waals surface area contributed by atoms with Crippen LogP contribution in [0.25, 0.3) is 10.8 Å². The first kappa shape index (κ1) is 11.3. The largest absolute Gasteiger partial charge is 0.382 e. The molecule has 0 aliphatic heterocycles. The number of hydrogen-bond donors (Lipinski definition) is 2. The van der Waals surface area contributed by atoms with Gasteiger partial charge in [0.2, 0.25) is 0 Å². The molecule has 0 fully saturated rings. The number of hydrogen-bond acceptors (Lipinski definition) is 2. The van der Waals surface area contributed by atoms with Crippen LogP contribution in [-0.2, 0) is 0 Å². The monoisotopic (exact) mass is 231 g/mol. The highest BCUT2D eigenvalue weighted by Gasteiger charge is 2.05. The average molecular weight is 231 g/mol. The van der Waals surface area contributed by atoms with Crippen molar-refractivity contribution >= 4 is 29.1 Å². The van der Waals surface area contributed by atoms with E-state index in [9.17, 15) is 0 Å². The first-order valence-corrected chi connectivity index (χ1v) is 6.14. The summed E-state index contributed by atoms with van der Waals surface area (Å²) in [4.78, 5) is 1.03. The van der Waals surface area contributed by atoms with Crippen LogP contribution < -0.4 is 5.32 Å². The third kappa shape index (κ3) is 2.17. The van der Waals surface area contributed by atoms with Gasteiger partial charge in [-0.3, -0.25) is 0 Å². The molecular weight excluding hydrogens is 214 g/mol. The van der Waals surface area contributed by atoms with Crippen molar-refractivity contribution in [2.75, 3.05) is 5.32 Å². The van der Waals surface area contributed by atoms with Gasteiger partial charge in [-0.05, 0) is 30.9 Å². The SMILES string of the molecule is CCC(C)Nc1cccc2cccc(S)c12. The van der Waals surface area contributed by atoms with Gasteiger partial charge < -0.3 is 5.32 Å². The summed E-state index contributed by atoms with van der Waals surface area (Å²) < 4.78 is 0. The topological polar surface area (TPSA) is 12.0 Å². The Labute approximate surface area is 102 Å². The van der Waals surface area contributed by atoms with Crippen LogP contribution in [0.3, 0.4) is 0 Å². The second-order valence-electron chi connectivity index (χ2n) is 4.13. The number of nitrogens with one attached hydrogen (secondary N) is 1. The second-order valence-corrected chi connectivity index (χ2v) is 4.62. The minimum absolute atomic E-state index is 0.485. The van der Waals surface area contributed by atoms with Crippen LogP contribution in [0.4, 0.5) is 5.69 Å². The van der Waals surface area contributed by atoms with E-state index < -0.39 is 0 Å². The van der Waals surface area contributed by atoms with Crippen molar-refractivity contribution in [3.63, 3.8) is 0 Å². The highest BCUT2D eigenvalue weighted by molar-refractivity contribution is 7.80. The molecule has 0 aromatic heterocycles. The lowest BCUT2D eigenvalue weighted by atomic mass is 10.1. The van der Waals surface area contributed by atoms with Crippen LogP contribution in [0.1, 0.15) is 20.3 Å². The van der Waals surface area contributed by atoms with E-state index >= 15 is 0 Å². The van der Waals surface area contributed by atoms with Crippen molar-refractivity contribution in [3.05, 3.63) is 36.4 Å². The van der Waals surface area contributed by atoms with Gasteiger partial charge in [0.25, 0.3) is 0 Å². The highest BCUT2D eigenvalue weighted by atomic mass is 32.1. The van der Waals surface area contributed by atoms with Crippen molar-refractivity contribution in [2.45, 2.75) is 31.2 Å². The Kier molecular flexibility index (Phi) is 3.39. The van der Waals surface area contributed by atoms with E-state index in [1.54, 1.807) is 0 Å². The summed E-state index contributed by atoms with van der Waals surface area (Å²) in [5, 5.41) is 5.98. The van der Waals surface area contributed by atoms with E-state index in [1.807, 2.05) is 12.1 Å². The lowest BCUT2D eigenvalue weighted by molar-refractivity contribution is 0.765. The van der Waals surface area contributed by atoms with Crippen LogP contribution in [0, 0.1) is 0 Å². The molecule has 0 saturated carbocycles. The Morgan fingerprint density at radius 3 is 2.56 bits per heavy atom. The molecule has 0 bridgehead atoms. The lowest BCUT2D eigenvalue weighted by Gasteiger charge is -2.16. The zero-order valence-electron chi connectivity index (χ0n) is 9.70. The molecule has 0 aliphatic carbocycles. The molecule has 16 heavy (non-hydrogen) atoms. The highest BCUT2D eigenvalue weighted by Crippen LogP contribution is 2.29. The predicted octanol–water partition coefficient (Wildman–Crippen LogP) is 4.34. The first-order valence-electron chi connectivity index (χ1n) is 5.69. The van der Waals surface area contributed by atoms with Crippen molar-refractivity contribution < 1.29 is 0 Å². The van der Waals surface area contributed by atoms with E-state index in [1.165, 1.54) is 16.5 Å². The summed E-state index contributed by atoms with van der Waals surface area (Å²) in [7, 11) is 0. The molecule has 2 rings (SSSR count). The Bertz CT molecular complexity index is 488. The minimum Gasteiger partial charge on any atom is -0.382 e. The first-order chi connectivity index (χ1) is 7.72. The van der Waals surface area contributed by atoms with Gasteiger partial charge in [-0.1, -0.05) is 31.2 Å². The zero-order valence-corrected chi connectivity index (χ0v) is 10.6. The van der Waals surface area contributed by atoms with Crippen LogP contribution in [0.2, 0.25) is 0 Å². The number of thiol groups is 1. The fraction of sp³-hybridized carbons (Fsp3) is 0.286. The molecule has 2 heteroatoms. The van der Waals surface area contributed by atoms with Gasteiger partial charge >= 0.3 is 0 Å². The van der Waals surface area contributed by atoms with E-state index in [-0.39, 0.29) is 0 Å². The molecule has 1 N–H and O–H groups in total. The molecule has 1 unspecified atom stereocenters. The normalized spacial score (nSPS) is 12.7. The summed E-state index contributed by atoms with van der Waals surface area (Å²) in [6.45, 7) is 4.38. The third-order valence-corrected chi connectivity index (χ3v) is 3.27. The second kappa shape index (κ2) is 4.79. The average Bonchev–Trinajstić information content (AvgIpc) is 2.29. The Hall–Kier alpha value is -1.15. The summed E-state index contributed by atoms with van der Waals surface area (Å²) in [5.74, 6) is 0. The van der Waals surface area contributed by atoms with Crippen LogP contribution in [0.5, 0.6) is 0 Å². The number of fused-ring (bicyclic) bond motifs is 1. The maximum Gasteiger partial charge on any atom is 0.0433 e. The molecule has 1 nitrogen and oxygen atoms in total. The number of rotatable bonds is 3. The van der Waals surface area contributed by atoms with E-state index in [0.29, 0.717) is 6.04 Å². The molecule has 2 aromatic carbocycles. The summed E-state index contributed by atoms with van der Waals surface area (Å²) in [6, 6.07) is 13.0. The Balaban J connectivity index is 2.52. The zero-order chi connectivity index (χ0) is 11.5. The van der Waals surface area contributed by atoms with Crippen molar-refractivity contribution in [2.24, 2.45) is 0 Å². The number of benzene rings is 2. The molecule has 0 radical (unpaired) electrons. The predicted molar refractivity (Wildman–Crippen MR) is 74.6 cm³/mol. The molecular formula is C14H17NS. The smallest absolute Gasteiger partial charge is 0.0433 e. The quantitative estimate of drug-likeness (QED) is 0.749. The molecule has 84 valence electrons. The molecule has 0 amide bonds. The van der Waals surface area contributed by atoms with Crippen LogP contribution in [-0.4, -0.2) is 6.04 Å². The van der Waals surface area contributed by atoms with Crippen LogP contribution in [0.15, 0.2) is 41.3 Å². The Morgan fingerprint density at radius 1 is 1.19 bits per heavy atom. The maximum atomic E-state index is 4.53. The summed E-state index contributed by atoms with van der Waals surface area (Å²) in [5.41, 5.74) is 1.18. The standard InChI is InChI=1S/C14H17NS/c1-3-10(2)15-12-8-4-6-11-7-5-9-13(16)14(11)12/h4-10,15-16H,3H2,1-2H3. The van der Waals surface area contributed by atoms with Gasteiger partial charge in [0.1, 0.15) is 0 Å². The van der Waals surface area contributed by atoms with Gasteiger partial charge in [0.05, 0.1) is 0 Å². The third-order valence-electron chi connectivity index (χ3n) is 2.90. The molecule has 0 saturated heterocycles. The van der Waals surface area contributed by atoms with Crippen LogP contribution >= 0.6 is 12.6 Å². The van der Waals surface area contributed by atoms with Crippen molar-refractivity contribution in [3.8, 4) is 0 Å². The molecule has 2 aromatic rings. The van der Waals surface area contributed by atoms with Gasteiger partial charge in [0.15, 0.2) is 0 Å². The lowest BCUT2D eigenvalue weighted by Crippen LogP contribution is -2.13. The van der Waals surface area contributed by atoms with E-state index in [0.717, 1.165) is 11.3 Å². The van der Waals surface area contributed by atoms with Crippen molar-refractivity contribution in [1.82, 2.24) is 0 Å². The van der Waals surface area contributed by atoms with Gasteiger partial charge in [0, 0.05) is 22.0 Å². The van der Waals surface area contributed by atoms with Gasteiger partial charge in [-0.25, -0.2) is 0 Å². The summed E-state index contributed by atoms with van der Waals surface area (Å²) >= 11 is 4.53. The van der Waals surface area contributed by atoms with Gasteiger partial charge in [-0.15, -0.1) is 12.6 Å². The maximum absolute atomic E-state index is 4.53. The van der Waals surface area contributed by atoms with Crippen molar-refractivity contribution in [1.29, 1.82) is 0 Å². The fourth-order valence-corrected chi connectivity index (χ4v) is 2.14.